The van der Waals surface area contributed by atoms with Gasteiger partial charge in [0.2, 0.25) is 5.91 Å². The number of halogens is 3. The van der Waals surface area contributed by atoms with Gasteiger partial charge < -0.3 is 15.1 Å². The van der Waals surface area contributed by atoms with E-state index < -0.39 is 17.5 Å². The number of benzene rings is 3. The van der Waals surface area contributed by atoms with E-state index in [0.717, 1.165) is 78.4 Å². The summed E-state index contributed by atoms with van der Waals surface area (Å²) in [6.07, 6.45) is 2.04. The number of nitrogens with zero attached hydrogens (tertiary/aromatic N) is 4. The fourth-order valence-corrected chi connectivity index (χ4v) is 5.78. The predicted octanol–water partition coefficient (Wildman–Crippen LogP) is 6.56. The van der Waals surface area contributed by atoms with Crippen LogP contribution in [0.4, 0.5) is 24.7 Å². The fourth-order valence-electron chi connectivity index (χ4n) is 5.78. The SMILES string of the molecule is Cc1c(-c2ccc(F)c(F)c2F)cccc1[C@@H](C)Nc1nnc(C)c2ccc(N3CCN(C(=O)C4CC4)CC3)cc12. The highest BCUT2D eigenvalue weighted by atomic mass is 19.2. The van der Waals surface area contributed by atoms with Crippen LogP contribution in [-0.2, 0) is 4.79 Å². The van der Waals surface area contributed by atoms with Crippen LogP contribution in [0.15, 0.2) is 48.5 Å². The summed E-state index contributed by atoms with van der Waals surface area (Å²) >= 11 is 0. The van der Waals surface area contributed by atoms with Crippen molar-refractivity contribution in [3.63, 3.8) is 0 Å². The molecule has 0 radical (unpaired) electrons. The molecule has 9 heteroatoms. The van der Waals surface area contributed by atoms with Gasteiger partial charge in [0.25, 0.3) is 0 Å². The molecule has 1 saturated heterocycles. The molecular formula is C32H32F3N5O. The first-order valence-electron chi connectivity index (χ1n) is 14.0. The third kappa shape index (κ3) is 5.09. The summed E-state index contributed by atoms with van der Waals surface area (Å²) in [6, 6.07) is 13.6. The van der Waals surface area contributed by atoms with E-state index in [1.165, 1.54) is 6.07 Å². The number of fused-ring (bicyclic) bond motifs is 1. The minimum absolute atomic E-state index is 0.0135. The molecule has 1 aliphatic carbocycles. The van der Waals surface area contributed by atoms with Crippen molar-refractivity contribution in [3.05, 3.63) is 82.8 Å². The number of hydrogen-bond acceptors (Lipinski definition) is 5. The first-order chi connectivity index (χ1) is 19.7. The van der Waals surface area contributed by atoms with E-state index in [1.807, 2.05) is 31.7 Å². The lowest BCUT2D eigenvalue weighted by molar-refractivity contribution is -0.132. The molecule has 1 aromatic heterocycles. The zero-order chi connectivity index (χ0) is 28.8. The Morgan fingerprint density at radius 3 is 2.39 bits per heavy atom. The summed E-state index contributed by atoms with van der Waals surface area (Å²) in [4.78, 5) is 16.8. The van der Waals surface area contributed by atoms with Crippen LogP contribution >= 0.6 is 0 Å². The molecule has 1 saturated carbocycles. The van der Waals surface area contributed by atoms with Gasteiger partial charge >= 0.3 is 0 Å². The molecule has 0 spiro atoms. The van der Waals surface area contributed by atoms with E-state index in [0.29, 0.717) is 17.3 Å². The van der Waals surface area contributed by atoms with Gasteiger partial charge in [-0.15, -0.1) is 5.10 Å². The zero-order valence-corrected chi connectivity index (χ0v) is 23.3. The number of aromatic nitrogens is 2. The van der Waals surface area contributed by atoms with Crippen LogP contribution < -0.4 is 10.2 Å². The Morgan fingerprint density at radius 1 is 0.902 bits per heavy atom. The van der Waals surface area contributed by atoms with Crippen molar-refractivity contribution in [3.8, 4) is 11.1 Å². The number of anilines is 2. The summed E-state index contributed by atoms with van der Waals surface area (Å²) in [7, 11) is 0. The topological polar surface area (TPSA) is 61.4 Å². The molecule has 2 heterocycles. The van der Waals surface area contributed by atoms with Crippen molar-refractivity contribution in [1.29, 1.82) is 0 Å². The maximum Gasteiger partial charge on any atom is 0.225 e. The lowest BCUT2D eigenvalue weighted by Gasteiger charge is -2.36. The highest BCUT2D eigenvalue weighted by Crippen LogP contribution is 2.35. The summed E-state index contributed by atoms with van der Waals surface area (Å²) in [5.74, 6) is -2.75. The van der Waals surface area contributed by atoms with E-state index >= 15 is 0 Å². The maximum atomic E-state index is 14.6. The molecule has 1 amide bonds. The monoisotopic (exact) mass is 559 g/mol. The van der Waals surface area contributed by atoms with Crippen molar-refractivity contribution in [2.45, 2.75) is 39.7 Å². The molecule has 0 unspecified atom stereocenters. The van der Waals surface area contributed by atoms with E-state index in [4.69, 9.17) is 0 Å². The molecule has 1 atom stereocenters. The molecule has 2 fully saturated rings. The third-order valence-electron chi connectivity index (χ3n) is 8.35. The summed E-state index contributed by atoms with van der Waals surface area (Å²) < 4.78 is 42.2. The first-order valence-corrected chi connectivity index (χ1v) is 14.0. The molecule has 0 bridgehead atoms. The van der Waals surface area contributed by atoms with Crippen LogP contribution in [0.5, 0.6) is 0 Å². The molecule has 41 heavy (non-hydrogen) atoms. The van der Waals surface area contributed by atoms with Gasteiger partial charge in [0.05, 0.1) is 11.7 Å². The second kappa shape index (κ2) is 10.7. The number of rotatable bonds is 6. The number of amides is 1. The molecular weight excluding hydrogens is 527 g/mol. The van der Waals surface area contributed by atoms with Crippen molar-refractivity contribution >= 4 is 28.2 Å². The fraction of sp³-hybridized carbons (Fsp3) is 0.344. The summed E-state index contributed by atoms with van der Waals surface area (Å²) in [6.45, 7) is 8.72. The Labute approximate surface area is 237 Å². The largest absolute Gasteiger partial charge is 0.368 e. The average Bonchev–Trinajstić information content (AvgIpc) is 3.83. The Hall–Kier alpha value is -4.14. The minimum atomic E-state index is -1.48. The van der Waals surface area contributed by atoms with Gasteiger partial charge in [-0.2, -0.15) is 5.10 Å². The smallest absolute Gasteiger partial charge is 0.225 e. The van der Waals surface area contributed by atoms with Gasteiger partial charge in [0.1, 0.15) is 0 Å². The zero-order valence-electron chi connectivity index (χ0n) is 23.3. The van der Waals surface area contributed by atoms with Gasteiger partial charge in [0.15, 0.2) is 23.3 Å². The Balaban J connectivity index is 1.27. The number of hydrogen-bond donors (Lipinski definition) is 1. The van der Waals surface area contributed by atoms with Crippen LogP contribution in [0.1, 0.15) is 42.6 Å². The molecule has 1 N–H and O–H groups in total. The Kier molecular flexibility index (Phi) is 7.05. The molecule has 212 valence electrons. The molecule has 3 aromatic carbocycles. The Morgan fingerprint density at radius 2 is 1.66 bits per heavy atom. The van der Waals surface area contributed by atoms with Gasteiger partial charge in [-0.1, -0.05) is 24.3 Å². The Bertz CT molecular complexity index is 1650. The average molecular weight is 560 g/mol. The number of carbonyl (C=O) groups is 1. The van der Waals surface area contributed by atoms with Gasteiger partial charge in [-0.05, 0) is 74.6 Å². The predicted molar refractivity (Wildman–Crippen MR) is 154 cm³/mol. The number of aryl methyl sites for hydroxylation is 1. The third-order valence-corrected chi connectivity index (χ3v) is 8.35. The maximum absolute atomic E-state index is 14.6. The number of piperazine rings is 1. The van der Waals surface area contributed by atoms with Gasteiger partial charge in [0, 0.05) is 54.1 Å². The van der Waals surface area contributed by atoms with Crippen molar-refractivity contribution in [2.75, 3.05) is 36.4 Å². The first kappa shape index (κ1) is 27.1. The standard InChI is InChI=1S/C32H32F3N5O/c1-18-23(5-4-6-24(18)26-11-12-28(33)30(35)29(26)34)19(2)36-31-27-17-22(9-10-25(27)20(3)37-38-31)39-13-15-40(16-14-39)32(41)21-7-8-21/h4-6,9-12,17,19,21H,7-8,13-16H2,1-3H3,(H,36,38)/t19-/m1/s1. The molecule has 6 rings (SSSR count). The van der Waals surface area contributed by atoms with Crippen LogP contribution in [0.3, 0.4) is 0 Å². The van der Waals surface area contributed by atoms with Gasteiger partial charge in [-0.3, -0.25) is 4.79 Å². The number of nitrogens with one attached hydrogen (secondary N) is 1. The highest BCUT2D eigenvalue weighted by Gasteiger charge is 2.34. The lowest BCUT2D eigenvalue weighted by Crippen LogP contribution is -2.49. The van der Waals surface area contributed by atoms with Crippen molar-refractivity contribution in [1.82, 2.24) is 15.1 Å². The minimum Gasteiger partial charge on any atom is -0.368 e. The molecule has 6 nitrogen and oxygen atoms in total. The van der Waals surface area contributed by atoms with Crippen molar-refractivity contribution < 1.29 is 18.0 Å². The van der Waals surface area contributed by atoms with Gasteiger partial charge in [-0.25, -0.2) is 13.2 Å². The summed E-state index contributed by atoms with van der Waals surface area (Å²) in [5, 5.41) is 14.2. The molecule has 4 aromatic rings. The number of carbonyl (C=O) groups excluding carboxylic acids is 1. The lowest BCUT2D eigenvalue weighted by atomic mass is 9.93. The highest BCUT2D eigenvalue weighted by molar-refractivity contribution is 5.95. The van der Waals surface area contributed by atoms with E-state index in [1.54, 1.807) is 12.1 Å². The van der Waals surface area contributed by atoms with E-state index in [2.05, 4.69) is 38.6 Å². The quantitative estimate of drug-likeness (QED) is 0.271. The van der Waals surface area contributed by atoms with Crippen LogP contribution in [0.2, 0.25) is 0 Å². The molecule has 2 aliphatic rings. The molecule has 1 aliphatic heterocycles. The van der Waals surface area contributed by atoms with E-state index in [-0.39, 0.29) is 17.5 Å². The van der Waals surface area contributed by atoms with Crippen molar-refractivity contribution in [2.24, 2.45) is 5.92 Å². The second-order valence-corrected chi connectivity index (χ2v) is 11.1. The van der Waals surface area contributed by atoms with Crippen LogP contribution in [-0.4, -0.2) is 47.2 Å². The van der Waals surface area contributed by atoms with Crippen LogP contribution in [0.25, 0.3) is 21.9 Å². The van der Waals surface area contributed by atoms with Crippen LogP contribution in [0, 0.1) is 37.2 Å². The normalized spacial score (nSPS) is 16.2. The second-order valence-electron chi connectivity index (χ2n) is 11.1. The summed E-state index contributed by atoms with van der Waals surface area (Å²) in [5.41, 5.74) is 4.01. The van der Waals surface area contributed by atoms with E-state index in [9.17, 15) is 18.0 Å².